The fraction of sp³-hybridized carbons (Fsp3) is 0.0500. The number of amides is 1. The molecular formula is C20H14Cl2N10O2. The van der Waals surface area contributed by atoms with Crippen LogP contribution < -0.4 is 16.6 Å². The number of nitrogens with two attached hydrogens (primary N) is 1. The van der Waals surface area contributed by atoms with Crippen LogP contribution in [0.1, 0.15) is 10.5 Å². The Morgan fingerprint density at radius 2 is 1.79 bits per heavy atom. The summed E-state index contributed by atoms with van der Waals surface area (Å²) in [6, 6.07) is 11.3. The van der Waals surface area contributed by atoms with Gasteiger partial charge in [-0.2, -0.15) is 0 Å². The van der Waals surface area contributed by atoms with Gasteiger partial charge in [0.1, 0.15) is 11.4 Å². The monoisotopic (exact) mass is 496 g/mol. The van der Waals surface area contributed by atoms with Crippen LogP contribution in [0.3, 0.4) is 0 Å². The molecule has 4 heterocycles. The standard InChI is InChI=1S/C20H14Cl2N10O2/c1-30-15(33)8-7-14-26-27-20(31(14)30)13-6-5-10(9-24-13)25-19-16(18(23)34)28-32(29-19)17-11(21)3-2-4-12(17)22/h2-9H,1H3,(H2,23,34)(H,25,29). The van der Waals surface area contributed by atoms with E-state index in [4.69, 9.17) is 28.9 Å². The lowest BCUT2D eigenvalue weighted by molar-refractivity contribution is 0.0996. The second kappa shape index (κ2) is 8.24. The largest absolute Gasteiger partial charge is 0.364 e. The number of hydrogen-bond acceptors (Lipinski definition) is 8. The topological polar surface area (TPSA) is 151 Å². The van der Waals surface area contributed by atoms with E-state index in [1.807, 2.05) is 0 Å². The Morgan fingerprint density at radius 3 is 2.47 bits per heavy atom. The highest BCUT2D eigenvalue weighted by molar-refractivity contribution is 6.37. The van der Waals surface area contributed by atoms with Crippen LogP contribution in [-0.4, -0.2) is 45.3 Å². The maximum Gasteiger partial charge on any atom is 0.273 e. The van der Waals surface area contributed by atoms with Gasteiger partial charge >= 0.3 is 0 Å². The molecule has 170 valence electrons. The van der Waals surface area contributed by atoms with Gasteiger partial charge in [-0.05, 0) is 30.3 Å². The van der Waals surface area contributed by atoms with Crippen molar-refractivity contribution in [1.82, 2.24) is 39.4 Å². The number of anilines is 2. The number of aromatic nitrogens is 8. The van der Waals surface area contributed by atoms with Crippen LogP contribution in [0.15, 0.2) is 53.5 Å². The smallest absolute Gasteiger partial charge is 0.273 e. The molecule has 3 N–H and O–H groups in total. The number of aryl methyl sites for hydroxylation is 1. The van der Waals surface area contributed by atoms with Gasteiger partial charge in [0, 0.05) is 13.1 Å². The van der Waals surface area contributed by atoms with Gasteiger partial charge < -0.3 is 11.1 Å². The zero-order chi connectivity index (χ0) is 24.0. The number of carbonyl (C=O) groups is 1. The molecule has 5 rings (SSSR count). The second-order valence-electron chi connectivity index (χ2n) is 7.07. The molecule has 0 atom stereocenters. The normalized spacial score (nSPS) is 11.1. The lowest BCUT2D eigenvalue weighted by Gasteiger charge is -2.07. The lowest BCUT2D eigenvalue weighted by Crippen LogP contribution is -2.22. The van der Waals surface area contributed by atoms with E-state index in [0.717, 1.165) is 4.80 Å². The lowest BCUT2D eigenvalue weighted by atomic mass is 10.3. The fourth-order valence-corrected chi connectivity index (χ4v) is 3.83. The van der Waals surface area contributed by atoms with Crippen molar-refractivity contribution >= 4 is 46.3 Å². The van der Waals surface area contributed by atoms with Crippen molar-refractivity contribution < 1.29 is 4.79 Å². The van der Waals surface area contributed by atoms with Gasteiger partial charge in [-0.25, -0.2) is 9.20 Å². The van der Waals surface area contributed by atoms with Crippen molar-refractivity contribution in [3.8, 4) is 17.2 Å². The molecule has 0 fully saturated rings. The Hall–Kier alpha value is -4.29. The van der Waals surface area contributed by atoms with Crippen molar-refractivity contribution in [3.05, 3.63) is 74.8 Å². The van der Waals surface area contributed by atoms with E-state index in [-0.39, 0.29) is 17.1 Å². The maximum atomic E-state index is 12.0. The van der Waals surface area contributed by atoms with Crippen LogP contribution in [0.5, 0.6) is 0 Å². The minimum atomic E-state index is -0.794. The molecule has 0 bridgehead atoms. The number of primary amides is 1. The first-order valence-electron chi connectivity index (χ1n) is 9.70. The van der Waals surface area contributed by atoms with E-state index >= 15 is 0 Å². The molecule has 14 heteroatoms. The van der Waals surface area contributed by atoms with Crippen molar-refractivity contribution in [2.75, 3.05) is 5.32 Å². The molecule has 1 aromatic carbocycles. The van der Waals surface area contributed by atoms with Crippen LogP contribution in [0, 0.1) is 0 Å². The molecule has 4 aromatic heterocycles. The quantitative estimate of drug-likeness (QED) is 0.375. The van der Waals surface area contributed by atoms with E-state index in [0.29, 0.717) is 38.6 Å². The van der Waals surface area contributed by atoms with Gasteiger partial charge in [0.15, 0.2) is 17.2 Å². The third kappa shape index (κ3) is 3.64. The zero-order valence-electron chi connectivity index (χ0n) is 17.3. The number of hydrogen-bond donors (Lipinski definition) is 2. The number of nitrogens with one attached hydrogen (secondary N) is 1. The van der Waals surface area contributed by atoms with Crippen LogP contribution in [0.4, 0.5) is 11.5 Å². The molecule has 12 nitrogen and oxygen atoms in total. The van der Waals surface area contributed by atoms with Gasteiger partial charge in [-0.3, -0.25) is 14.6 Å². The van der Waals surface area contributed by atoms with E-state index < -0.39 is 5.91 Å². The number of pyridine rings is 1. The maximum absolute atomic E-state index is 12.0. The minimum absolute atomic E-state index is 0.0911. The minimum Gasteiger partial charge on any atom is -0.364 e. The Labute approximate surface area is 200 Å². The summed E-state index contributed by atoms with van der Waals surface area (Å²) in [6.45, 7) is 0. The van der Waals surface area contributed by atoms with E-state index in [1.54, 1.807) is 48.0 Å². The molecule has 0 aliphatic carbocycles. The van der Waals surface area contributed by atoms with Crippen LogP contribution >= 0.6 is 23.2 Å². The summed E-state index contributed by atoms with van der Waals surface area (Å²) in [7, 11) is 1.61. The van der Waals surface area contributed by atoms with E-state index in [1.165, 1.54) is 16.9 Å². The van der Waals surface area contributed by atoms with Crippen molar-refractivity contribution in [1.29, 1.82) is 0 Å². The molecule has 0 unspecified atom stereocenters. The molecule has 0 aliphatic heterocycles. The predicted molar refractivity (Wildman–Crippen MR) is 125 cm³/mol. The van der Waals surface area contributed by atoms with Crippen LogP contribution in [0.2, 0.25) is 10.0 Å². The third-order valence-electron chi connectivity index (χ3n) is 4.90. The van der Waals surface area contributed by atoms with Crippen molar-refractivity contribution in [2.45, 2.75) is 0 Å². The highest BCUT2D eigenvalue weighted by atomic mass is 35.5. The average molecular weight is 497 g/mol. The molecule has 0 saturated heterocycles. The number of nitrogens with zero attached hydrogens (tertiary/aromatic N) is 8. The number of benzene rings is 1. The van der Waals surface area contributed by atoms with Crippen LogP contribution in [0.25, 0.3) is 22.9 Å². The van der Waals surface area contributed by atoms with Gasteiger partial charge in [-0.1, -0.05) is 29.3 Å². The third-order valence-corrected chi connectivity index (χ3v) is 5.51. The highest BCUT2D eigenvalue weighted by Crippen LogP contribution is 2.29. The van der Waals surface area contributed by atoms with Gasteiger partial charge in [0.2, 0.25) is 5.82 Å². The number of para-hydroxylation sites is 1. The first kappa shape index (κ1) is 21.6. The zero-order valence-corrected chi connectivity index (χ0v) is 18.9. The first-order chi connectivity index (χ1) is 16.3. The SMILES string of the molecule is Cn1c(=O)ccc2nnc(-c3ccc(Nc4nn(-c5c(Cl)cccc5Cl)nc4C(N)=O)cn3)n21. The second-order valence-corrected chi connectivity index (χ2v) is 7.88. The summed E-state index contributed by atoms with van der Waals surface area (Å²) in [5.74, 6) is -0.315. The van der Waals surface area contributed by atoms with Crippen molar-refractivity contribution in [2.24, 2.45) is 12.8 Å². The van der Waals surface area contributed by atoms with Gasteiger partial charge in [0.25, 0.3) is 11.5 Å². The predicted octanol–water partition coefficient (Wildman–Crippen LogP) is 2.22. The Bertz CT molecular complexity index is 1600. The first-order valence-corrected chi connectivity index (χ1v) is 10.5. The van der Waals surface area contributed by atoms with Gasteiger partial charge in [0.05, 0.1) is 21.9 Å². The molecular weight excluding hydrogens is 483 g/mol. The van der Waals surface area contributed by atoms with Gasteiger partial charge in [-0.15, -0.1) is 25.2 Å². The molecule has 34 heavy (non-hydrogen) atoms. The molecule has 1 amide bonds. The highest BCUT2D eigenvalue weighted by Gasteiger charge is 2.20. The summed E-state index contributed by atoms with van der Waals surface area (Å²) in [4.78, 5) is 29.5. The number of rotatable bonds is 5. The Balaban J connectivity index is 1.49. The molecule has 0 aliphatic rings. The molecule has 5 aromatic rings. The van der Waals surface area contributed by atoms with E-state index in [9.17, 15) is 9.59 Å². The number of fused-ring (bicyclic) bond motifs is 1. The van der Waals surface area contributed by atoms with E-state index in [2.05, 4.69) is 30.7 Å². The number of carbonyl (C=O) groups excluding carboxylic acids is 1. The molecule has 0 saturated carbocycles. The summed E-state index contributed by atoms with van der Waals surface area (Å²) >= 11 is 12.5. The van der Waals surface area contributed by atoms with Crippen molar-refractivity contribution in [3.63, 3.8) is 0 Å². The Morgan fingerprint density at radius 1 is 1.03 bits per heavy atom. The number of halogens is 2. The average Bonchev–Trinajstić information content (AvgIpc) is 3.42. The molecule has 0 radical (unpaired) electrons. The summed E-state index contributed by atoms with van der Waals surface area (Å²) in [6.07, 6.45) is 1.50. The molecule has 0 spiro atoms. The fourth-order valence-electron chi connectivity index (χ4n) is 3.28. The summed E-state index contributed by atoms with van der Waals surface area (Å²) < 4.78 is 2.94. The Kier molecular flexibility index (Phi) is 5.23. The van der Waals surface area contributed by atoms with Crippen LogP contribution in [-0.2, 0) is 7.05 Å². The summed E-state index contributed by atoms with van der Waals surface area (Å²) in [5.41, 5.74) is 6.92. The summed E-state index contributed by atoms with van der Waals surface area (Å²) in [5, 5.41) is 20.2.